The molecular formula is C12H15N. The smallest absolute Gasteiger partial charge is 0.0478 e. The van der Waals surface area contributed by atoms with Gasteiger partial charge in [0.15, 0.2) is 0 Å². The molecule has 1 heterocycles. The van der Waals surface area contributed by atoms with Gasteiger partial charge in [-0.1, -0.05) is 29.8 Å². The summed E-state index contributed by atoms with van der Waals surface area (Å²) < 4.78 is 0. The van der Waals surface area contributed by atoms with Crippen molar-refractivity contribution in [3.63, 3.8) is 0 Å². The molecule has 0 N–H and O–H groups in total. The molecule has 1 aliphatic rings. The largest absolute Gasteiger partial charge is 0.286 e. The van der Waals surface area contributed by atoms with Gasteiger partial charge < -0.3 is 0 Å². The van der Waals surface area contributed by atoms with Crippen LogP contribution in [-0.4, -0.2) is 11.8 Å². The van der Waals surface area contributed by atoms with E-state index in [1.54, 1.807) is 0 Å². The van der Waals surface area contributed by atoms with Crippen LogP contribution in [0.3, 0.4) is 0 Å². The van der Waals surface area contributed by atoms with E-state index >= 15 is 0 Å². The van der Waals surface area contributed by atoms with Gasteiger partial charge in [0.05, 0.1) is 0 Å². The molecule has 2 rings (SSSR count). The number of nitrogens with zero attached hydrogens (tertiary/aromatic N) is 1. The first-order chi connectivity index (χ1) is 6.25. The SMILES string of the molecule is Cc1ccc(C2=N[C@H](C)CC2)cc1. The monoisotopic (exact) mass is 173 g/mol. The van der Waals surface area contributed by atoms with Crippen molar-refractivity contribution in [3.8, 4) is 0 Å². The standard InChI is InChI=1S/C12H15N/c1-9-3-6-11(7-4-9)12-8-5-10(2)13-12/h3-4,6-7,10H,5,8H2,1-2H3/t10-/m1/s1. The first-order valence-electron chi connectivity index (χ1n) is 4.89. The van der Waals surface area contributed by atoms with E-state index in [1.807, 2.05) is 0 Å². The lowest BCUT2D eigenvalue weighted by molar-refractivity contribution is 0.739. The van der Waals surface area contributed by atoms with Gasteiger partial charge in [-0.2, -0.15) is 0 Å². The number of hydrogen-bond donors (Lipinski definition) is 0. The quantitative estimate of drug-likeness (QED) is 0.619. The second-order valence-electron chi connectivity index (χ2n) is 3.83. The molecule has 1 nitrogen and oxygen atoms in total. The van der Waals surface area contributed by atoms with Crippen molar-refractivity contribution < 1.29 is 0 Å². The summed E-state index contributed by atoms with van der Waals surface area (Å²) in [5.74, 6) is 0. The Kier molecular flexibility index (Phi) is 2.17. The first kappa shape index (κ1) is 8.49. The predicted molar refractivity (Wildman–Crippen MR) is 56.4 cm³/mol. The number of aryl methyl sites for hydroxylation is 1. The van der Waals surface area contributed by atoms with Crippen LogP contribution in [0.25, 0.3) is 0 Å². The van der Waals surface area contributed by atoms with Gasteiger partial charge in [0.2, 0.25) is 0 Å². The van der Waals surface area contributed by atoms with Gasteiger partial charge >= 0.3 is 0 Å². The van der Waals surface area contributed by atoms with Crippen LogP contribution in [0.2, 0.25) is 0 Å². The van der Waals surface area contributed by atoms with Crippen LogP contribution >= 0.6 is 0 Å². The minimum absolute atomic E-state index is 0.524. The van der Waals surface area contributed by atoms with E-state index in [2.05, 4.69) is 43.1 Å². The summed E-state index contributed by atoms with van der Waals surface area (Å²) in [4.78, 5) is 4.61. The molecule has 68 valence electrons. The molecule has 0 spiro atoms. The molecule has 1 heteroatoms. The molecule has 0 saturated carbocycles. The third-order valence-electron chi connectivity index (χ3n) is 2.56. The van der Waals surface area contributed by atoms with Gasteiger partial charge in [0, 0.05) is 11.8 Å². The maximum Gasteiger partial charge on any atom is 0.0478 e. The molecule has 0 fully saturated rings. The van der Waals surface area contributed by atoms with Gasteiger partial charge in [-0.15, -0.1) is 0 Å². The fraction of sp³-hybridized carbons (Fsp3) is 0.417. The molecule has 0 aromatic heterocycles. The molecule has 1 aromatic rings. The second-order valence-corrected chi connectivity index (χ2v) is 3.83. The van der Waals surface area contributed by atoms with Crippen LogP contribution < -0.4 is 0 Å². The Balaban J connectivity index is 2.26. The van der Waals surface area contributed by atoms with E-state index in [1.165, 1.54) is 23.3 Å². The molecule has 0 aliphatic carbocycles. The normalized spacial score (nSPS) is 21.7. The zero-order chi connectivity index (χ0) is 9.26. The minimum atomic E-state index is 0.524. The molecule has 0 unspecified atom stereocenters. The predicted octanol–water partition coefficient (Wildman–Crippen LogP) is 2.97. The lowest BCUT2D eigenvalue weighted by atomic mass is 10.1. The van der Waals surface area contributed by atoms with Crippen molar-refractivity contribution in [2.24, 2.45) is 4.99 Å². The summed E-state index contributed by atoms with van der Waals surface area (Å²) in [6.07, 6.45) is 2.35. The fourth-order valence-corrected chi connectivity index (χ4v) is 1.71. The molecule has 1 atom stereocenters. The molecule has 13 heavy (non-hydrogen) atoms. The minimum Gasteiger partial charge on any atom is -0.286 e. The third-order valence-corrected chi connectivity index (χ3v) is 2.56. The van der Waals surface area contributed by atoms with E-state index in [0.29, 0.717) is 6.04 Å². The molecule has 0 bridgehead atoms. The maximum absolute atomic E-state index is 4.61. The topological polar surface area (TPSA) is 12.4 Å². The number of hydrogen-bond acceptors (Lipinski definition) is 1. The summed E-state index contributed by atoms with van der Waals surface area (Å²) in [6, 6.07) is 9.18. The van der Waals surface area contributed by atoms with Gasteiger partial charge in [0.25, 0.3) is 0 Å². The molecule has 0 amide bonds. The van der Waals surface area contributed by atoms with Crippen molar-refractivity contribution in [1.29, 1.82) is 0 Å². The average Bonchev–Trinajstić information content (AvgIpc) is 2.53. The summed E-state index contributed by atoms with van der Waals surface area (Å²) in [5.41, 5.74) is 3.90. The molecular weight excluding hydrogens is 158 g/mol. The second kappa shape index (κ2) is 3.33. The molecule has 0 radical (unpaired) electrons. The average molecular weight is 173 g/mol. The number of benzene rings is 1. The van der Waals surface area contributed by atoms with Crippen LogP contribution in [0.1, 0.15) is 30.9 Å². The van der Waals surface area contributed by atoms with Gasteiger partial charge in [-0.25, -0.2) is 0 Å². The van der Waals surface area contributed by atoms with E-state index in [9.17, 15) is 0 Å². The van der Waals surface area contributed by atoms with Crippen LogP contribution in [0.4, 0.5) is 0 Å². The summed E-state index contributed by atoms with van der Waals surface area (Å²) in [5, 5.41) is 0. The lowest BCUT2D eigenvalue weighted by Gasteiger charge is -1.99. The van der Waals surface area contributed by atoms with Crippen molar-refractivity contribution in [2.45, 2.75) is 32.7 Å². The number of rotatable bonds is 1. The summed E-state index contributed by atoms with van der Waals surface area (Å²) >= 11 is 0. The van der Waals surface area contributed by atoms with Crippen molar-refractivity contribution in [1.82, 2.24) is 0 Å². The Morgan fingerprint density at radius 3 is 2.46 bits per heavy atom. The van der Waals surface area contributed by atoms with Crippen LogP contribution in [0.5, 0.6) is 0 Å². The Hall–Kier alpha value is -1.11. The van der Waals surface area contributed by atoms with Gasteiger partial charge in [0.1, 0.15) is 0 Å². The first-order valence-corrected chi connectivity index (χ1v) is 4.89. The zero-order valence-electron chi connectivity index (χ0n) is 8.25. The highest BCUT2D eigenvalue weighted by molar-refractivity contribution is 6.01. The van der Waals surface area contributed by atoms with Gasteiger partial charge in [-0.05, 0) is 32.3 Å². The lowest BCUT2D eigenvalue weighted by Crippen LogP contribution is -1.95. The van der Waals surface area contributed by atoms with E-state index in [0.717, 1.165) is 6.42 Å². The molecule has 1 aliphatic heterocycles. The van der Waals surface area contributed by atoms with Crippen molar-refractivity contribution in [2.75, 3.05) is 0 Å². The van der Waals surface area contributed by atoms with Crippen molar-refractivity contribution >= 4 is 5.71 Å². The summed E-state index contributed by atoms with van der Waals surface area (Å²) in [6.45, 7) is 4.30. The molecule has 0 saturated heterocycles. The fourth-order valence-electron chi connectivity index (χ4n) is 1.71. The molecule has 1 aromatic carbocycles. The zero-order valence-corrected chi connectivity index (χ0v) is 8.25. The Bertz CT molecular complexity index is 321. The highest BCUT2D eigenvalue weighted by Gasteiger charge is 2.13. The number of aliphatic imine (C=N–C) groups is 1. The van der Waals surface area contributed by atoms with E-state index < -0.39 is 0 Å². The Labute approximate surface area is 79.5 Å². The van der Waals surface area contributed by atoms with Crippen molar-refractivity contribution in [3.05, 3.63) is 35.4 Å². The Morgan fingerprint density at radius 1 is 1.23 bits per heavy atom. The van der Waals surface area contributed by atoms with E-state index in [-0.39, 0.29) is 0 Å². The highest BCUT2D eigenvalue weighted by atomic mass is 14.8. The highest BCUT2D eigenvalue weighted by Crippen LogP contribution is 2.18. The Morgan fingerprint density at radius 2 is 1.92 bits per heavy atom. The van der Waals surface area contributed by atoms with Crippen LogP contribution in [0.15, 0.2) is 29.3 Å². The maximum atomic E-state index is 4.61. The third kappa shape index (κ3) is 1.80. The van der Waals surface area contributed by atoms with Gasteiger partial charge in [-0.3, -0.25) is 4.99 Å². The summed E-state index contributed by atoms with van der Waals surface area (Å²) in [7, 11) is 0. The van der Waals surface area contributed by atoms with E-state index in [4.69, 9.17) is 0 Å². The van der Waals surface area contributed by atoms with Crippen LogP contribution in [-0.2, 0) is 0 Å². The van der Waals surface area contributed by atoms with Crippen LogP contribution in [0, 0.1) is 6.92 Å².